The van der Waals surface area contributed by atoms with Crippen LogP contribution in [0.2, 0.25) is 5.02 Å². The second kappa shape index (κ2) is 19.0. The minimum atomic E-state index is -0.0677. The lowest BCUT2D eigenvalue weighted by Gasteiger charge is -2.39. The van der Waals surface area contributed by atoms with Gasteiger partial charge in [0.15, 0.2) is 0 Å². The van der Waals surface area contributed by atoms with E-state index >= 15 is 0 Å². The Kier molecular flexibility index (Phi) is 14.5. The second-order valence-electron chi connectivity index (χ2n) is 27.5. The van der Waals surface area contributed by atoms with Gasteiger partial charge in [-0.25, -0.2) is 0 Å². The third-order valence-electron chi connectivity index (χ3n) is 15.4. The predicted molar refractivity (Wildman–Crippen MR) is 300 cm³/mol. The summed E-state index contributed by atoms with van der Waals surface area (Å²) in [6.45, 7) is 42.0. The van der Waals surface area contributed by atoms with Crippen LogP contribution in [-0.4, -0.2) is 0 Å². The van der Waals surface area contributed by atoms with E-state index in [0.29, 0.717) is 0 Å². The van der Waals surface area contributed by atoms with E-state index < -0.39 is 0 Å². The van der Waals surface area contributed by atoms with E-state index in [-0.39, 0.29) is 32.5 Å². The van der Waals surface area contributed by atoms with Crippen molar-refractivity contribution in [2.45, 2.75) is 208 Å². The highest BCUT2D eigenvalue weighted by molar-refractivity contribution is 6.36. The highest BCUT2D eigenvalue weighted by Crippen LogP contribution is 2.51. The number of hydrogen-bond acceptors (Lipinski definition) is 2. The lowest BCUT2D eigenvalue weighted by Crippen LogP contribution is -2.27. The Morgan fingerprint density at radius 3 is 1.09 bits per heavy atom. The first-order valence-electron chi connectivity index (χ1n) is 26.3. The van der Waals surface area contributed by atoms with Crippen molar-refractivity contribution in [3.05, 3.63) is 141 Å². The normalized spacial score (nSPS) is 18.4. The first-order chi connectivity index (χ1) is 31.4. The van der Waals surface area contributed by atoms with Crippen LogP contribution in [0, 0.1) is 17.8 Å². The summed E-state index contributed by atoms with van der Waals surface area (Å²) in [7, 11) is 0. The average molecular weight is 934 g/mol. The third-order valence-corrected chi connectivity index (χ3v) is 15.8. The van der Waals surface area contributed by atoms with Gasteiger partial charge in [-0.3, -0.25) is 0 Å². The first-order valence-corrected chi connectivity index (χ1v) is 26.7. The molecule has 2 aliphatic carbocycles. The standard InChI is InChI=1S/C65H89ClN2/c1-60(2,3)47-24-20-26-53(37-47)67(55-39-49(62(7,8)9)35-50(40-55)63(10,11)12)57-33-46(29-28-45-31-43-22-19-23-44(30-43)32-45)34-58(59(57)66)68(54-27-21-25-48(38-54)61(4,5)6)56-41-51(64(13,14)15)36-52(42-56)65(16,17)18/h20-21,24-27,33-45H,19,22-23,28-32H2,1-18H3. The van der Waals surface area contributed by atoms with E-state index in [4.69, 9.17) is 11.6 Å². The van der Waals surface area contributed by atoms with Crippen LogP contribution < -0.4 is 9.80 Å². The summed E-state index contributed by atoms with van der Waals surface area (Å²) in [5.41, 5.74) is 15.5. The molecule has 2 atom stereocenters. The SMILES string of the molecule is CC(C)(C)c1cccc(N(c2cc(C(C)(C)C)cc(C(C)(C)C)c2)c2cc(CCC3CC4CCCC(C4)C3)cc(N(c3cccc(C(C)(C)C)c3)c3cc(C(C)(C)C)cc(C(C)(C)C)c3)c2Cl)c1. The Bertz CT molecular complexity index is 2330. The number of aryl methyl sites for hydroxylation is 1. The van der Waals surface area contributed by atoms with Gasteiger partial charge >= 0.3 is 0 Å². The van der Waals surface area contributed by atoms with E-state index in [0.717, 1.165) is 63.3 Å². The number of fused-ring (bicyclic) bond motifs is 2. The van der Waals surface area contributed by atoms with Gasteiger partial charge < -0.3 is 9.80 Å². The van der Waals surface area contributed by atoms with Crippen molar-refractivity contribution in [3.8, 4) is 0 Å². The molecule has 3 heteroatoms. The van der Waals surface area contributed by atoms with Crippen LogP contribution in [0.3, 0.4) is 0 Å². The molecule has 366 valence electrons. The summed E-state index contributed by atoms with van der Waals surface area (Å²) < 4.78 is 0. The van der Waals surface area contributed by atoms with Gasteiger partial charge in [0.1, 0.15) is 0 Å². The molecule has 0 heterocycles. The van der Waals surface area contributed by atoms with Crippen molar-refractivity contribution in [2.24, 2.45) is 17.8 Å². The summed E-state index contributed by atoms with van der Waals surface area (Å²) in [5.74, 6) is 2.56. The van der Waals surface area contributed by atoms with Crippen LogP contribution in [-0.2, 0) is 38.9 Å². The second-order valence-corrected chi connectivity index (χ2v) is 27.9. The number of nitrogens with zero attached hydrogens (tertiary/aromatic N) is 2. The molecule has 0 saturated heterocycles. The Balaban J connectivity index is 1.58. The number of anilines is 6. The van der Waals surface area contributed by atoms with Crippen molar-refractivity contribution in [1.82, 2.24) is 0 Å². The molecule has 2 unspecified atom stereocenters. The van der Waals surface area contributed by atoms with Gasteiger partial charge in [0.05, 0.1) is 16.4 Å². The van der Waals surface area contributed by atoms with E-state index in [2.05, 4.69) is 231 Å². The molecule has 5 aromatic carbocycles. The highest BCUT2D eigenvalue weighted by atomic mass is 35.5. The van der Waals surface area contributed by atoms with E-state index in [1.165, 1.54) is 83.9 Å². The topological polar surface area (TPSA) is 6.48 Å². The summed E-state index contributed by atoms with van der Waals surface area (Å²) in [6, 6.07) is 38.1. The maximum absolute atomic E-state index is 8.38. The van der Waals surface area contributed by atoms with Crippen molar-refractivity contribution >= 4 is 45.7 Å². The van der Waals surface area contributed by atoms with Crippen LogP contribution in [0.25, 0.3) is 0 Å². The highest BCUT2D eigenvalue weighted by Gasteiger charge is 2.33. The molecule has 2 bridgehead atoms. The van der Waals surface area contributed by atoms with E-state index in [1.807, 2.05) is 0 Å². The fourth-order valence-electron chi connectivity index (χ4n) is 10.9. The molecule has 0 N–H and O–H groups in total. The molecule has 68 heavy (non-hydrogen) atoms. The van der Waals surface area contributed by atoms with Crippen molar-refractivity contribution in [2.75, 3.05) is 9.80 Å². The van der Waals surface area contributed by atoms with E-state index in [9.17, 15) is 0 Å². The zero-order valence-electron chi connectivity index (χ0n) is 45.9. The molecular weight excluding hydrogens is 844 g/mol. The monoisotopic (exact) mass is 933 g/mol. The molecule has 0 spiro atoms. The van der Waals surface area contributed by atoms with Crippen LogP contribution in [0.4, 0.5) is 34.1 Å². The van der Waals surface area contributed by atoms with Crippen molar-refractivity contribution in [1.29, 1.82) is 0 Å². The molecule has 5 aromatic rings. The minimum Gasteiger partial charge on any atom is -0.309 e. The largest absolute Gasteiger partial charge is 0.309 e. The average Bonchev–Trinajstić information content (AvgIpc) is 3.22. The zero-order chi connectivity index (χ0) is 49.9. The van der Waals surface area contributed by atoms with Crippen LogP contribution >= 0.6 is 11.6 Å². The Morgan fingerprint density at radius 2 is 0.750 bits per heavy atom. The summed E-state index contributed by atoms with van der Waals surface area (Å²) >= 11 is 8.38. The Morgan fingerprint density at radius 1 is 0.412 bits per heavy atom. The zero-order valence-corrected chi connectivity index (χ0v) is 46.7. The van der Waals surface area contributed by atoms with Gasteiger partial charge in [0.25, 0.3) is 0 Å². The van der Waals surface area contributed by atoms with Crippen LogP contribution in [0.5, 0.6) is 0 Å². The van der Waals surface area contributed by atoms with Gasteiger partial charge in [-0.15, -0.1) is 0 Å². The Labute approximate surface area is 420 Å². The summed E-state index contributed by atoms with van der Waals surface area (Å²) in [5, 5.41) is 0.750. The van der Waals surface area contributed by atoms with Gasteiger partial charge in [0, 0.05) is 22.7 Å². The van der Waals surface area contributed by atoms with Gasteiger partial charge in [-0.2, -0.15) is 0 Å². The number of rotatable bonds is 9. The molecule has 0 radical (unpaired) electrons. The molecule has 2 nitrogen and oxygen atoms in total. The van der Waals surface area contributed by atoms with Crippen molar-refractivity contribution < 1.29 is 0 Å². The quantitative estimate of drug-likeness (QED) is 0.145. The first kappa shape index (κ1) is 51.8. The summed E-state index contributed by atoms with van der Waals surface area (Å²) in [6.07, 6.45) is 10.7. The third kappa shape index (κ3) is 11.9. The van der Waals surface area contributed by atoms with Gasteiger partial charge in [-0.1, -0.05) is 192 Å². The number of benzene rings is 5. The Hall–Kier alpha value is -4.01. The van der Waals surface area contributed by atoms with Crippen LogP contribution in [0.15, 0.2) is 97.1 Å². The molecule has 0 aliphatic heterocycles. The summed E-state index contributed by atoms with van der Waals surface area (Å²) in [4.78, 5) is 5.02. The lowest BCUT2D eigenvalue weighted by molar-refractivity contribution is 0.132. The van der Waals surface area contributed by atoms with Crippen LogP contribution in [0.1, 0.15) is 209 Å². The lowest BCUT2D eigenvalue weighted by atomic mass is 9.67. The maximum atomic E-state index is 8.38. The maximum Gasteiger partial charge on any atom is 0.0887 e. The fraction of sp³-hybridized carbons (Fsp3) is 0.538. The molecular formula is C65H89ClN2. The van der Waals surface area contributed by atoms with Crippen molar-refractivity contribution in [3.63, 3.8) is 0 Å². The number of hydrogen-bond donors (Lipinski definition) is 0. The fourth-order valence-corrected chi connectivity index (χ4v) is 11.2. The van der Waals surface area contributed by atoms with E-state index in [1.54, 1.807) is 0 Å². The number of halogens is 1. The molecule has 2 fully saturated rings. The molecule has 2 saturated carbocycles. The van der Waals surface area contributed by atoms with Gasteiger partial charge in [-0.05, 0) is 182 Å². The molecule has 2 aliphatic rings. The predicted octanol–water partition coefficient (Wildman–Crippen LogP) is 20.2. The molecule has 0 amide bonds. The molecule has 0 aromatic heterocycles. The minimum absolute atomic E-state index is 0.0433. The molecule has 7 rings (SSSR count). The van der Waals surface area contributed by atoms with Gasteiger partial charge in [0.2, 0.25) is 0 Å². The smallest absolute Gasteiger partial charge is 0.0887 e.